The number of anilines is 1. The van der Waals surface area contributed by atoms with E-state index in [0.717, 1.165) is 12.2 Å². The van der Waals surface area contributed by atoms with Crippen LogP contribution in [0, 0.1) is 0 Å². The topological polar surface area (TPSA) is 3.24 Å². The molecule has 0 N–H and O–H groups in total. The molecule has 0 radical (unpaired) electrons. The molecule has 0 saturated carbocycles. The first-order chi connectivity index (χ1) is 6.57. The lowest BCUT2D eigenvalue weighted by Crippen LogP contribution is -2.30. The monoisotopic (exact) mass is 231 g/mol. The molecule has 1 nitrogen and oxygen atoms in total. The Hall–Kier alpha value is -0.400. The van der Waals surface area contributed by atoms with Crippen molar-refractivity contribution in [1.82, 2.24) is 0 Å². The number of benzene rings is 1. The lowest BCUT2D eigenvalue weighted by Gasteiger charge is -2.28. The molecule has 1 rings (SSSR count). The van der Waals surface area contributed by atoms with E-state index < -0.39 is 0 Å². The van der Waals surface area contributed by atoms with Crippen LogP contribution in [0.15, 0.2) is 18.2 Å². The second-order valence-electron chi connectivity index (χ2n) is 3.45. The Morgan fingerprint density at radius 3 is 2.43 bits per heavy atom. The third-order valence-electron chi connectivity index (χ3n) is 2.20. The van der Waals surface area contributed by atoms with E-state index in [0.29, 0.717) is 16.1 Å². The van der Waals surface area contributed by atoms with Crippen LogP contribution in [-0.4, -0.2) is 12.6 Å². The van der Waals surface area contributed by atoms with Crippen LogP contribution >= 0.6 is 23.2 Å². The minimum absolute atomic E-state index is 0.427. The van der Waals surface area contributed by atoms with Crippen molar-refractivity contribution in [2.45, 2.75) is 26.8 Å². The number of halogens is 2. The molecular weight excluding hydrogens is 217 g/mol. The summed E-state index contributed by atoms with van der Waals surface area (Å²) in [4.78, 5) is 2.22. The zero-order chi connectivity index (χ0) is 10.7. The van der Waals surface area contributed by atoms with Gasteiger partial charge in [-0.25, -0.2) is 0 Å². The molecule has 0 aliphatic rings. The van der Waals surface area contributed by atoms with E-state index in [1.807, 2.05) is 18.2 Å². The largest absolute Gasteiger partial charge is 0.368 e. The summed E-state index contributed by atoms with van der Waals surface area (Å²) < 4.78 is 0. The maximum absolute atomic E-state index is 6.14. The third-order valence-corrected chi connectivity index (χ3v) is 3.01. The van der Waals surface area contributed by atoms with Gasteiger partial charge < -0.3 is 4.90 Å². The summed E-state index contributed by atoms with van der Waals surface area (Å²) in [7, 11) is 0. The first kappa shape index (κ1) is 11.7. The van der Waals surface area contributed by atoms with Gasteiger partial charge in [0.05, 0.1) is 15.7 Å². The van der Waals surface area contributed by atoms with Crippen molar-refractivity contribution in [1.29, 1.82) is 0 Å². The third kappa shape index (κ3) is 2.34. The summed E-state index contributed by atoms with van der Waals surface area (Å²) in [6, 6.07) is 6.16. The van der Waals surface area contributed by atoms with Crippen LogP contribution < -0.4 is 4.90 Å². The van der Waals surface area contributed by atoms with Crippen molar-refractivity contribution in [3.05, 3.63) is 28.2 Å². The van der Waals surface area contributed by atoms with E-state index in [-0.39, 0.29) is 0 Å². The molecule has 0 aliphatic heterocycles. The Morgan fingerprint density at radius 1 is 1.29 bits per heavy atom. The maximum atomic E-state index is 6.14. The van der Waals surface area contributed by atoms with Crippen molar-refractivity contribution < 1.29 is 0 Å². The minimum atomic E-state index is 0.427. The average molecular weight is 232 g/mol. The van der Waals surface area contributed by atoms with Gasteiger partial charge in [0.15, 0.2) is 0 Å². The molecular formula is C11H15Cl2N. The number of rotatable bonds is 3. The lowest BCUT2D eigenvalue weighted by atomic mass is 10.2. The molecule has 0 bridgehead atoms. The van der Waals surface area contributed by atoms with Crippen molar-refractivity contribution in [3.8, 4) is 0 Å². The Morgan fingerprint density at radius 2 is 1.93 bits per heavy atom. The van der Waals surface area contributed by atoms with Crippen LogP contribution in [0.3, 0.4) is 0 Å². The van der Waals surface area contributed by atoms with Crippen LogP contribution in [0.4, 0.5) is 5.69 Å². The molecule has 0 saturated heterocycles. The van der Waals surface area contributed by atoms with E-state index in [1.165, 1.54) is 0 Å². The average Bonchev–Trinajstić information content (AvgIpc) is 2.13. The van der Waals surface area contributed by atoms with Gasteiger partial charge in [-0.05, 0) is 32.9 Å². The Labute approximate surface area is 95.6 Å². The predicted octanol–water partition coefficient (Wildman–Crippen LogP) is 4.23. The molecule has 1 aromatic carbocycles. The van der Waals surface area contributed by atoms with Crippen LogP contribution in [0.25, 0.3) is 0 Å². The van der Waals surface area contributed by atoms with Gasteiger partial charge >= 0.3 is 0 Å². The molecule has 0 unspecified atom stereocenters. The van der Waals surface area contributed by atoms with Gasteiger partial charge in [0.2, 0.25) is 0 Å². The summed E-state index contributed by atoms with van der Waals surface area (Å²) >= 11 is 12.1. The van der Waals surface area contributed by atoms with E-state index in [9.17, 15) is 0 Å². The van der Waals surface area contributed by atoms with Gasteiger partial charge in [-0.3, -0.25) is 0 Å². The van der Waals surface area contributed by atoms with Crippen LogP contribution in [-0.2, 0) is 0 Å². The molecule has 0 atom stereocenters. The highest BCUT2D eigenvalue weighted by Gasteiger charge is 2.13. The molecule has 3 heteroatoms. The summed E-state index contributed by atoms with van der Waals surface area (Å²) in [5.74, 6) is 0. The number of hydrogen-bond donors (Lipinski definition) is 0. The minimum Gasteiger partial charge on any atom is -0.368 e. The summed E-state index contributed by atoms with van der Waals surface area (Å²) in [6.45, 7) is 7.32. The quantitative estimate of drug-likeness (QED) is 0.753. The van der Waals surface area contributed by atoms with Crippen LogP contribution in [0.2, 0.25) is 10.0 Å². The predicted molar refractivity (Wildman–Crippen MR) is 64.6 cm³/mol. The Kier molecular flexibility index (Phi) is 4.09. The van der Waals surface area contributed by atoms with Gasteiger partial charge in [-0.15, -0.1) is 0 Å². The van der Waals surface area contributed by atoms with E-state index in [4.69, 9.17) is 23.2 Å². The SMILES string of the molecule is CCN(c1cccc(Cl)c1Cl)C(C)C. The van der Waals surface area contributed by atoms with Crippen molar-refractivity contribution in [2.24, 2.45) is 0 Å². The smallest absolute Gasteiger partial charge is 0.0825 e. The molecule has 0 fully saturated rings. The summed E-state index contributed by atoms with van der Waals surface area (Å²) in [6.07, 6.45) is 0. The normalized spacial score (nSPS) is 10.7. The van der Waals surface area contributed by atoms with Gasteiger partial charge in [-0.2, -0.15) is 0 Å². The molecule has 0 heterocycles. The first-order valence-corrected chi connectivity index (χ1v) is 5.54. The van der Waals surface area contributed by atoms with Crippen molar-refractivity contribution >= 4 is 28.9 Å². The molecule has 0 spiro atoms. The van der Waals surface area contributed by atoms with Crippen LogP contribution in [0.5, 0.6) is 0 Å². The molecule has 0 amide bonds. The second kappa shape index (κ2) is 4.90. The van der Waals surface area contributed by atoms with Gasteiger partial charge in [0.25, 0.3) is 0 Å². The maximum Gasteiger partial charge on any atom is 0.0825 e. The van der Waals surface area contributed by atoms with Crippen LogP contribution in [0.1, 0.15) is 20.8 Å². The number of nitrogens with zero attached hydrogens (tertiary/aromatic N) is 1. The molecule has 14 heavy (non-hydrogen) atoms. The zero-order valence-electron chi connectivity index (χ0n) is 8.72. The fourth-order valence-electron chi connectivity index (χ4n) is 1.53. The lowest BCUT2D eigenvalue weighted by molar-refractivity contribution is 0.704. The fraction of sp³-hybridized carbons (Fsp3) is 0.455. The Balaban J connectivity index is 3.10. The highest BCUT2D eigenvalue weighted by molar-refractivity contribution is 6.43. The number of hydrogen-bond acceptors (Lipinski definition) is 1. The second-order valence-corrected chi connectivity index (χ2v) is 4.24. The van der Waals surface area contributed by atoms with Gasteiger partial charge in [0.1, 0.15) is 0 Å². The fourth-order valence-corrected chi connectivity index (χ4v) is 1.93. The molecule has 0 aliphatic carbocycles. The molecule has 0 aromatic heterocycles. The standard InChI is InChI=1S/C11H15Cl2N/c1-4-14(8(2)3)10-7-5-6-9(12)11(10)13/h5-8H,4H2,1-3H3. The van der Waals surface area contributed by atoms with Crippen molar-refractivity contribution in [3.63, 3.8) is 0 Å². The first-order valence-electron chi connectivity index (χ1n) is 4.78. The van der Waals surface area contributed by atoms with Gasteiger partial charge in [0, 0.05) is 12.6 Å². The zero-order valence-corrected chi connectivity index (χ0v) is 10.2. The highest BCUT2D eigenvalue weighted by Crippen LogP contribution is 2.33. The van der Waals surface area contributed by atoms with E-state index >= 15 is 0 Å². The van der Waals surface area contributed by atoms with E-state index in [2.05, 4.69) is 25.7 Å². The Bertz CT molecular complexity index is 310. The van der Waals surface area contributed by atoms with E-state index in [1.54, 1.807) is 0 Å². The van der Waals surface area contributed by atoms with Crippen molar-refractivity contribution in [2.75, 3.05) is 11.4 Å². The molecule has 1 aromatic rings. The van der Waals surface area contributed by atoms with Gasteiger partial charge in [-0.1, -0.05) is 29.3 Å². The summed E-state index contributed by atoms with van der Waals surface area (Å²) in [5.41, 5.74) is 1.01. The highest BCUT2D eigenvalue weighted by atomic mass is 35.5. The summed E-state index contributed by atoms with van der Waals surface area (Å²) in [5, 5.41) is 1.26. The molecule has 78 valence electrons.